The number of carboxylic acids is 1. The molecule has 4 nitrogen and oxygen atoms in total. The molecule has 1 aromatic carbocycles. The van der Waals surface area contributed by atoms with Gasteiger partial charge in [-0.25, -0.2) is 4.79 Å². The summed E-state index contributed by atoms with van der Waals surface area (Å²) in [6.45, 7) is 2.04. The van der Waals surface area contributed by atoms with E-state index in [4.69, 9.17) is 4.74 Å². The van der Waals surface area contributed by atoms with E-state index >= 15 is 0 Å². The number of rotatable bonds is 6. The van der Waals surface area contributed by atoms with Gasteiger partial charge in [0.25, 0.3) is 0 Å². The van der Waals surface area contributed by atoms with Crippen LogP contribution in [-0.4, -0.2) is 30.3 Å². The second kappa shape index (κ2) is 6.02. The van der Waals surface area contributed by atoms with Crippen LogP contribution < -0.4 is 5.32 Å². The van der Waals surface area contributed by atoms with Crippen LogP contribution in [0, 0.1) is 0 Å². The third-order valence-corrected chi connectivity index (χ3v) is 3.07. The maximum atomic E-state index is 11.3. The molecular formula is C12H16BrNO3. The molecule has 0 saturated carbocycles. The van der Waals surface area contributed by atoms with E-state index in [1.54, 1.807) is 14.0 Å². The Morgan fingerprint density at radius 2 is 2.06 bits per heavy atom. The molecule has 0 aliphatic carbocycles. The highest BCUT2D eigenvalue weighted by Crippen LogP contribution is 2.21. The first-order chi connectivity index (χ1) is 7.98. The SMILES string of the molecule is COCCC(C)(Nc1ccc(Br)cc1)C(=O)O. The van der Waals surface area contributed by atoms with Gasteiger partial charge in [-0.1, -0.05) is 15.9 Å². The monoisotopic (exact) mass is 301 g/mol. The number of halogens is 1. The zero-order chi connectivity index (χ0) is 12.9. The van der Waals surface area contributed by atoms with Crippen LogP contribution >= 0.6 is 15.9 Å². The van der Waals surface area contributed by atoms with Gasteiger partial charge in [0, 0.05) is 30.3 Å². The minimum Gasteiger partial charge on any atom is -0.480 e. The number of benzene rings is 1. The highest BCUT2D eigenvalue weighted by atomic mass is 79.9. The van der Waals surface area contributed by atoms with E-state index in [0.29, 0.717) is 13.0 Å². The number of carbonyl (C=O) groups is 1. The Labute approximate surface area is 109 Å². The van der Waals surface area contributed by atoms with Gasteiger partial charge >= 0.3 is 5.97 Å². The van der Waals surface area contributed by atoms with E-state index in [9.17, 15) is 9.90 Å². The van der Waals surface area contributed by atoms with Crippen molar-refractivity contribution < 1.29 is 14.6 Å². The van der Waals surface area contributed by atoms with Crippen molar-refractivity contribution in [1.29, 1.82) is 0 Å². The fourth-order valence-corrected chi connectivity index (χ4v) is 1.65. The van der Waals surface area contributed by atoms with Crippen molar-refractivity contribution in [2.24, 2.45) is 0 Å². The van der Waals surface area contributed by atoms with Crippen LogP contribution in [0.25, 0.3) is 0 Å². The smallest absolute Gasteiger partial charge is 0.329 e. The summed E-state index contributed by atoms with van der Waals surface area (Å²) in [7, 11) is 1.56. The van der Waals surface area contributed by atoms with Crippen molar-refractivity contribution in [2.75, 3.05) is 19.0 Å². The van der Waals surface area contributed by atoms with Gasteiger partial charge in [-0.15, -0.1) is 0 Å². The molecular weight excluding hydrogens is 286 g/mol. The second-order valence-electron chi connectivity index (χ2n) is 4.01. The summed E-state index contributed by atoms with van der Waals surface area (Å²) < 4.78 is 5.89. The highest BCUT2D eigenvalue weighted by Gasteiger charge is 2.32. The molecule has 1 unspecified atom stereocenters. The minimum atomic E-state index is -1.02. The molecule has 0 aliphatic heterocycles. The molecule has 0 radical (unpaired) electrons. The average molecular weight is 302 g/mol. The van der Waals surface area contributed by atoms with Gasteiger partial charge < -0.3 is 15.2 Å². The molecule has 0 heterocycles. The average Bonchev–Trinajstić information content (AvgIpc) is 2.29. The molecule has 17 heavy (non-hydrogen) atoms. The molecule has 0 saturated heterocycles. The Morgan fingerprint density at radius 3 is 2.53 bits per heavy atom. The summed E-state index contributed by atoms with van der Waals surface area (Å²) in [4.78, 5) is 11.3. The number of ether oxygens (including phenoxy) is 1. The van der Waals surface area contributed by atoms with E-state index in [0.717, 1.165) is 10.2 Å². The van der Waals surface area contributed by atoms with Gasteiger partial charge in [-0.3, -0.25) is 0 Å². The molecule has 1 rings (SSSR count). The molecule has 1 aromatic rings. The van der Waals surface area contributed by atoms with E-state index in [1.807, 2.05) is 24.3 Å². The topological polar surface area (TPSA) is 58.6 Å². The summed E-state index contributed by atoms with van der Waals surface area (Å²) >= 11 is 3.33. The van der Waals surface area contributed by atoms with Gasteiger partial charge in [0.15, 0.2) is 0 Å². The first-order valence-corrected chi connectivity index (χ1v) is 6.03. The minimum absolute atomic E-state index is 0.395. The predicted molar refractivity (Wildman–Crippen MR) is 70.3 cm³/mol. The van der Waals surface area contributed by atoms with E-state index in [1.165, 1.54) is 0 Å². The van der Waals surface area contributed by atoms with Gasteiger partial charge in [0.2, 0.25) is 0 Å². The number of anilines is 1. The van der Waals surface area contributed by atoms with Crippen LogP contribution in [0.1, 0.15) is 13.3 Å². The first-order valence-electron chi connectivity index (χ1n) is 5.24. The van der Waals surface area contributed by atoms with Crippen LogP contribution in [0.3, 0.4) is 0 Å². The second-order valence-corrected chi connectivity index (χ2v) is 4.93. The number of nitrogens with one attached hydrogen (secondary N) is 1. The standard InChI is InChI=1S/C12H16BrNO3/c1-12(11(15)16,7-8-17-2)14-10-5-3-9(13)4-6-10/h3-6,14H,7-8H2,1-2H3,(H,15,16). The van der Waals surface area contributed by atoms with Gasteiger partial charge in [-0.2, -0.15) is 0 Å². The number of hydrogen-bond donors (Lipinski definition) is 2. The molecule has 0 aliphatic rings. The molecule has 2 N–H and O–H groups in total. The summed E-state index contributed by atoms with van der Waals surface area (Å²) in [5.74, 6) is -0.891. The van der Waals surface area contributed by atoms with Crippen LogP contribution in [-0.2, 0) is 9.53 Å². The van der Waals surface area contributed by atoms with Crippen molar-refractivity contribution in [3.63, 3.8) is 0 Å². The molecule has 0 amide bonds. The van der Waals surface area contributed by atoms with E-state index in [-0.39, 0.29) is 0 Å². The Morgan fingerprint density at radius 1 is 1.47 bits per heavy atom. The zero-order valence-electron chi connectivity index (χ0n) is 9.87. The molecule has 94 valence electrons. The molecule has 0 spiro atoms. The maximum Gasteiger partial charge on any atom is 0.329 e. The predicted octanol–water partition coefficient (Wildman–Crippen LogP) is 2.74. The van der Waals surface area contributed by atoms with Crippen LogP contribution in [0.2, 0.25) is 0 Å². The van der Waals surface area contributed by atoms with Crippen molar-refractivity contribution in [3.05, 3.63) is 28.7 Å². The van der Waals surface area contributed by atoms with Gasteiger partial charge in [0.1, 0.15) is 5.54 Å². The third kappa shape index (κ3) is 4.02. The normalized spacial score (nSPS) is 14.1. The lowest BCUT2D eigenvalue weighted by molar-refractivity contribution is -0.142. The van der Waals surface area contributed by atoms with Crippen LogP contribution in [0.4, 0.5) is 5.69 Å². The fraction of sp³-hybridized carbons (Fsp3) is 0.417. The largest absolute Gasteiger partial charge is 0.480 e. The van der Waals surface area contributed by atoms with Gasteiger partial charge in [-0.05, 0) is 31.2 Å². The number of carboxylic acid groups (broad SMARTS) is 1. The molecule has 0 bridgehead atoms. The Bertz CT molecular complexity index is 380. The maximum absolute atomic E-state index is 11.3. The Balaban J connectivity index is 2.79. The van der Waals surface area contributed by atoms with Crippen molar-refractivity contribution >= 4 is 27.6 Å². The summed E-state index contributed by atoms with van der Waals surface area (Å²) in [6, 6.07) is 7.39. The van der Waals surface area contributed by atoms with Crippen molar-refractivity contribution in [1.82, 2.24) is 0 Å². The van der Waals surface area contributed by atoms with E-state index < -0.39 is 11.5 Å². The Hall–Kier alpha value is -1.07. The van der Waals surface area contributed by atoms with Crippen LogP contribution in [0.15, 0.2) is 28.7 Å². The quantitative estimate of drug-likeness (QED) is 0.848. The zero-order valence-corrected chi connectivity index (χ0v) is 11.5. The number of hydrogen-bond acceptors (Lipinski definition) is 3. The van der Waals surface area contributed by atoms with E-state index in [2.05, 4.69) is 21.2 Å². The highest BCUT2D eigenvalue weighted by molar-refractivity contribution is 9.10. The lowest BCUT2D eigenvalue weighted by Gasteiger charge is -2.27. The number of methoxy groups -OCH3 is 1. The van der Waals surface area contributed by atoms with Crippen molar-refractivity contribution in [2.45, 2.75) is 18.9 Å². The Kier molecular flexibility index (Phi) is 4.96. The van der Waals surface area contributed by atoms with Gasteiger partial charge in [0.05, 0.1) is 0 Å². The summed E-state index contributed by atoms with van der Waals surface area (Å²) in [5, 5.41) is 12.3. The molecule has 1 atom stereocenters. The first kappa shape index (κ1) is 14.0. The van der Waals surface area contributed by atoms with Crippen molar-refractivity contribution in [3.8, 4) is 0 Å². The summed E-state index contributed by atoms with van der Waals surface area (Å²) in [5.41, 5.74) is -0.252. The fourth-order valence-electron chi connectivity index (χ4n) is 1.38. The molecule has 5 heteroatoms. The lowest BCUT2D eigenvalue weighted by atomic mass is 9.98. The number of aliphatic carboxylic acids is 1. The lowest BCUT2D eigenvalue weighted by Crippen LogP contribution is -2.44. The third-order valence-electron chi connectivity index (χ3n) is 2.54. The molecule has 0 fully saturated rings. The van der Waals surface area contributed by atoms with Crippen LogP contribution in [0.5, 0.6) is 0 Å². The molecule has 0 aromatic heterocycles. The summed E-state index contributed by atoms with van der Waals surface area (Å²) in [6.07, 6.45) is 0.398.